The SMILES string of the molecule is COCOc1ccc(C(C)(C)c2ccc(OC(=O)OC)c(C)c2)cc1C. The normalized spacial score (nSPS) is 11.2. The molecule has 0 radical (unpaired) electrons. The van der Waals surface area contributed by atoms with Gasteiger partial charge in [0.25, 0.3) is 0 Å². The molecule has 5 nitrogen and oxygen atoms in total. The van der Waals surface area contributed by atoms with E-state index >= 15 is 0 Å². The molecule has 0 aliphatic carbocycles. The van der Waals surface area contributed by atoms with Gasteiger partial charge in [0.1, 0.15) is 11.5 Å². The van der Waals surface area contributed by atoms with E-state index in [1.807, 2.05) is 32.0 Å². The Morgan fingerprint density at radius 3 is 1.92 bits per heavy atom. The van der Waals surface area contributed by atoms with Crippen LogP contribution in [-0.2, 0) is 14.9 Å². The fourth-order valence-electron chi connectivity index (χ4n) is 2.77. The summed E-state index contributed by atoms with van der Waals surface area (Å²) in [5.41, 5.74) is 3.99. The maximum Gasteiger partial charge on any atom is 0.513 e. The van der Waals surface area contributed by atoms with E-state index in [1.165, 1.54) is 12.7 Å². The number of ether oxygens (including phenoxy) is 4. The van der Waals surface area contributed by atoms with Crippen LogP contribution in [0, 0.1) is 13.8 Å². The van der Waals surface area contributed by atoms with Gasteiger partial charge in [-0.25, -0.2) is 4.79 Å². The van der Waals surface area contributed by atoms with Crippen molar-refractivity contribution in [3.05, 3.63) is 58.7 Å². The summed E-state index contributed by atoms with van der Waals surface area (Å²) in [5.74, 6) is 1.31. The molecule has 2 aromatic carbocycles. The first-order valence-corrected chi connectivity index (χ1v) is 8.39. The maximum absolute atomic E-state index is 11.3. The van der Waals surface area contributed by atoms with Crippen molar-refractivity contribution >= 4 is 6.16 Å². The second kappa shape index (κ2) is 8.23. The highest BCUT2D eigenvalue weighted by Gasteiger charge is 2.25. The molecule has 0 aliphatic heterocycles. The zero-order valence-corrected chi connectivity index (χ0v) is 16.2. The van der Waals surface area contributed by atoms with E-state index in [0.29, 0.717) is 5.75 Å². The fourth-order valence-corrected chi connectivity index (χ4v) is 2.77. The Kier molecular flexibility index (Phi) is 6.27. The Morgan fingerprint density at radius 1 is 0.923 bits per heavy atom. The largest absolute Gasteiger partial charge is 0.513 e. The summed E-state index contributed by atoms with van der Waals surface area (Å²) in [5, 5.41) is 0. The molecule has 0 unspecified atom stereocenters. The van der Waals surface area contributed by atoms with Crippen LogP contribution in [-0.4, -0.2) is 27.2 Å². The average molecular weight is 358 g/mol. The molecule has 26 heavy (non-hydrogen) atoms. The highest BCUT2D eigenvalue weighted by atomic mass is 16.7. The first-order valence-electron chi connectivity index (χ1n) is 8.39. The minimum atomic E-state index is -0.720. The molecule has 0 saturated carbocycles. The predicted molar refractivity (Wildman–Crippen MR) is 100 cm³/mol. The quantitative estimate of drug-likeness (QED) is 0.423. The van der Waals surface area contributed by atoms with Gasteiger partial charge in [0.15, 0.2) is 6.79 Å². The number of rotatable bonds is 6. The van der Waals surface area contributed by atoms with Crippen LogP contribution in [0.25, 0.3) is 0 Å². The van der Waals surface area contributed by atoms with Crippen molar-refractivity contribution in [3.8, 4) is 11.5 Å². The predicted octanol–water partition coefficient (Wildman–Crippen LogP) is 4.76. The molecule has 2 rings (SSSR count). The first-order chi connectivity index (χ1) is 12.3. The third-order valence-electron chi connectivity index (χ3n) is 4.49. The second-order valence-electron chi connectivity index (χ2n) is 6.69. The van der Waals surface area contributed by atoms with E-state index in [4.69, 9.17) is 14.2 Å². The summed E-state index contributed by atoms with van der Waals surface area (Å²) in [7, 11) is 2.89. The van der Waals surface area contributed by atoms with Gasteiger partial charge in [-0.05, 0) is 48.2 Å². The van der Waals surface area contributed by atoms with Gasteiger partial charge >= 0.3 is 6.16 Å². The highest BCUT2D eigenvalue weighted by Crippen LogP contribution is 2.35. The van der Waals surface area contributed by atoms with Crippen LogP contribution < -0.4 is 9.47 Å². The minimum Gasteiger partial charge on any atom is -0.467 e. The molecule has 0 atom stereocenters. The van der Waals surface area contributed by atoms with E-state index in [0.717, 1.165) is 22.4 Å². The van der Waals surface area contributed by atoms with Crippen molar-refractivity contribution in [1.29, 1.82) is 0 Å². The smallest absolute Gasteiger partial charge is 0.467 e. The standard InChI is InChI=1S/C21H26O5/c1-14-11-16(7-9-18(14)25-13-23-5)21(3,4)17-8-10-19(15(2)12-17)26-20(22)24-6/h7-12H,13H2,1-6H3. The molecule has 140 valence electrons. The molecule has 0 aliphatic rings. The van der Waals surface area contributed by atoms with Crippen LogP contribution >= 0.6 is 0 Å². The zero-order chi connectivity index (χ0) is 19.3. The summed E-state index contributed by atoms with van der Waals surface area (Å²) in [6, 6.07) is 11.9. The van der Waals surface area contributed by atoms with Crippen LogP contribution in [0.4, 0.5) is 4.79 Å². The van der Waals surface area contributed by atoms with Gasteiger partial charge in [-0.2, -0.15) is 0 Å². The van der Waals surface area contributed by atoms with Crippen molar-refractivity contribution in [1.82, 2.24) is 0 Å². The Labute approximate surface area is 154 Å². The van der Waals surface area contributed by atoms with E-state index < -0.39 is 6.16 Å². The van der Waals surface area contributed by atoms with Gasteiger partial charge in [0.2, 0.25) is 0 Å². The topological polar surface area (TPSA) is 54.0 Å². The summed E-state index contributed by atoms with van der Waals surface area (Å²) in [6.07, 6.45) is -0.720. The first kappa shape index (κ1) is 19.8. The lowest BCUT2D eigenvalue weighted by atomic mass is 9.77. The van der Waals surface area contributed by atoms with Crippen LogP contribution in [0.15, 0.2) is 36.4 Å². The van der Waals surface area contributed by atoms with Crippen molar-refractivity contribution in [2.24, 2.45) is 0 Å². The molecule has 5 heteroatoms. The number of hydrogen-bond acceptors (Lipinski definition) is 5. The minimum absolute atomic E-state index is 0.223. The number of aryl methyl sites for hydroxylation is 2. The molecule has 0 heterocycles. The molecule has 0 saturated heterocycles. The zero-order valence-electron chi connectivity index (χ0n) is 16.2. The molecule has 2 aromatic rings. The summed E-state index contributed by atoms with van der Waals surface area (Å²) >= 11 is 0. The molecular weight excluding hydrogens is 332 g/mol. The number of methoxy groups -OCH3 is 2. The van der Waals surface area contributed by atoms with Gasteiger partial charge in [0.05, 0.1) is 7.11 Å². The lowest BCUT2D eigenvalue weighted by Crippen LogP contribution is -2.19. The Balaban J connectivity index is 2.30. The Morgan fingerprint density at radius 2 is 1.46 bits per heavy atom. The fraction of sp³-hybridized carbons (Fsp3) is 0.381. The van der Waals surface area contributed by atoms with Crippen molar-refractivity contribution < 1.29 is 23.7 Å². The number of benzene rings is 2. The van der Waals surface area contributed by atoms with Crippen molar-refractivity contribution in [3.63, 3.8) is 0 Å². The Hall–Kier alpha value is -2.53. The molecule has 0 amide bonds. The highest BCUT2D eigenvalue weighted by molar-refractivity contribution is 5.64. The van der Waals surface area contributed by atoms with Crippen LogP contribution in [0.3, 0.4) is 0 Å². The third-order valence-corrected chi connectivity index (χ3v) is 4.49. The van der Waals surface area contributed by atoms with E-state index in [2.05, 4.69) is 30.7 Å². The van der Waals surface area contributed by atoms with Gasteiger partial charge in [-0.3, -0.25) is 0 Å². The number of carbonyl (C=O) groups is 1. The molecular formula is C21H26O5. The molecule has 0 aromatic heterocycles. The lowest BCUT2D eigenvalue weighted by molar-refractivity contribution is 0.0506. The second-order valence-corrected chi connectivity index (χ2v) is 6.69. The van der Waals surface area contributed by atoms with Gasteiger partial charge in [-0.1, -0.05) is 38.1 Å². The Bertz CT molecular complexity index is 780. The van der Waals surface area contributed by atoms with E-state index in [-0.39, 0.29) is 12.2 Å². The molecule has 0 spiro atoms. The van der Waals surface area contributed by atoms with Crippen molar-refractivity contribution in [2.75, 3.05) is 21.0 Å². The summed E-state index contributed by atoms with van der Waals surface area (Å²) in [4.78, 5) is 11.3. The summed E-state index contributed by atoms with van der Waals surface area (Å²) in [6.45, 7) is 8.47. The maximum atomic E-state index is 11.3. The van der Waals surface area contributed by atoms with Crippen LogP contribution in [0.5, 0.6) is 11.5 Å². The molecule has 0 N–H and O–H groups in total. The third kappa shape index (κ3) is 4.35. The number of carbonyl (C=O) groups excluding carboxylic acids is 1. The summed E-state index contributed by atoms with van der Waals surface area (Å²) < 4.78 is 20.2. The van der Waals surface area contributed by atoms with Crippen molar-refractivity contribution in [2.45, 2.75) is 33.1 Å². The lowest BCUT2D eigenvalue weighted by Gasteiger charge is -2.27. The van der Waals surface area contributed by atoms with Crippen LogP contribution in [0.2, 0.25) is 0 Å². The molecule has 0 bridgehead atoms. The van der Waals surface area contributed by atoms with Gasteiger partial charge in [-0.15, -0.1) is 0 Å². The molecule has 0 fully saturated rings. The average Bonchev–Trinajstić information content (AvgIpc) is 2.62. The number of hydrogen-bond donors (Lipinski definition) is 0. The van der Waals surface area contributed by atoms with Crippen LogP contribution in [0.1, 0.15) is 36.1 Å². The van der Waals surface area contributed by atoms with E-state index in [9.17, 15) is 4.79 Å². The monoisotopic (exact) mass is 358 g/mol. The van der Waals surface area contributed by atoms with Gasteiger partial charge < -0.3 is 18.9 Å². The van der Waals surface area contributed by atoms with Gasteiger partial charge in [0, 0.05) is 12.5 Å². The van der Waals surface area contributed by atoms with E-state index in [1.54, 1.807) is 13.2 Å².